The summed E-state index contributed by atoms with van der Waals surface area (Å²) >= 11 is 0. The van der Waals surface area contributed by atoms with Crippen LogP contribution in [0.4, 0.5) is 0 Å². The fourth-order valence-electron chi connectivity index (χ4n) is 9.49. The van der Waals surface area contributed by atoms with E-state index in [1.54, 1.807) is 0 Å². The number of carbonyl (C=O) groups is 4. The number of carboxylic acid groups (broad SMARTS) is 1. The Hall–Kier alpha value is -3.32. The van der Waals surface area contributed by atoms with Crippen molar-refractivity contribution in [3.63, 3.8) is 0 Å². The lowest BCUT2D eigenvalue weighted by Crippen LogP contribution is -2.61. The summed E-state index contributed by atoms with van der Waals surface area (Å²) in [5.41, 5.74) is 0. The van der Waals surface area contributed by atoms with Gasteiger partial charge in [0.15, 0.2) is 24.6 Å². The van der Waals surface area contributed by atoms with Gasteiger partial charge in [0.25, 0.3) is 0 Å². The second-order valence-electron chi connectivity index (χ2n) is 21.7. The minimum absolute atomic E-state index is 0.0621. The van der Waals surface area contributed by atoms with Gasteiger partial charge in [-0.3, -0.25) is 14.4 Å². The van der Waals surface area contributed by atoms with Gasteiger partial charge < -0.3 is 39.0 Å². The molecule has 77 heavy (non-hydrogen) atoms. The number of ether oxygens (including phenoxy) is 5. The van der Waals surface area contributed by atoms with Gasteiger partial charge in [-0.05, 0) is 83.5 Å². The maximum Gasteiger partial charge on any atom is 0.335 e. The molecule has 12 nitrogen and oxygen atoms in total. The Labute approximate surface area is 469 Å². The van der Waals surface area contributed by atoms with Crippen LogP contribution < -0.4 is 0 Å². The Morgan fingerprint density at radius 1 is 0.429 bits per heavy atom. The fraction of sp³-hybridized carbons (Fsp3) is 0.815. The molecule has 3 N–H and O–H groups in total. The van der Waals surface area contributed by atoms with Crippen molar-refractivity contribution in [2.24, 2.45) is 0 Å². The maximum absolute atomic E-state index is 13.2. The number of unbranched alkanes of at least 4 members (excludes halogenated alkanes) is 32. The Balaban J connectivity index is 2.62. The number of rotatable bonds is 54. The van der Waals surface area contributed by atoms with Gasteiger partial charge in [-0.2, -0.15) is 0 Å². The SMILES string of the molecule is CCCCC/C=C\C/C=C\CCCCCCCCCCCC(=O)OCC(COC1OC(C(=O)O)C(O)C(O)C1OC(=O)CCCCCCCCCCC)OC(=O)CCCCCCCCCCC/C=C\C/C=C\CCCCC. The van der Waals surface area contributed by atoms with E-state index >= 15 is 0 Å². The van der Waals surface area contributed by atoms with Crippen LogP contribution in [0.2, 0.25) is 0 Å². The largest absolute Gasteiger partial charge is 0.479 e. The van der Waals surface area contributed by atoms with Crippen LogP contribution in [0, 0.1) is 0 Å². The van der Waals surface area contributed by atoms with Crippen LogP contribution in [0.3, 0.4) is 0 Å². The smallest absolute Gasteiger partial charge is 0.335 e. The van der Waals surface area contributed by atoms with Gasteiger partial charge in [0.2, 0.25) is 0 Å². The van der Waals surface area contributed by atoms with E-state index in [1.165, 1.54) is 135 Å². The fourth-order valence-corrected chi connectivity index (χ4v) is 9.49. The molecule has 1 aliphatic heterocycles. The lowest BCUT2D eigenvalue weighted by molar-refractivity contribution is -0.301. The standard InChI is InChI=1S/C65H114O12/c1-4-7-10-13-16-19-21-23-25-27-29-31-33-35-37-40-42-45-48-51-57(66)73-54-56(75-58(67)52-49-46-44-41-38-36-34-32-30-28-26-24-22-20-17-14-11-8-5-2)55-74-65-63(61(70)60(69)62(77-65)64(71)72)76-59(68)53-50-47-43-39-18-15-12-9-6-3/h16-17,19-20,23-26,56,60-63,65,69-70H,4-15,18,21-22,27-55H2,1-3H3,(H,71,72)/b19-16-,20-17-,25-23-,26-24-. The van der Waals surface area contributed by atoms with Crippen molar-refractivity contribution >= 4 is 23.9 Å². The average molecular weight is 1090 g/mol. The molecule has 12 heteroatoms. The van der Waals surface area contributed by atoms with Crippen LogP contribution in [0.25, 0.3) is 0 Å². The minimum atomic E-state index is -1.90. The van der Waals surface area contributed by atoms with Crippen LogP contribution in [-0.4, -0.2) is 89.2 Å². The second kappa shape index (κ2) is 53.3. The molecule has 1 aliphatic rings. The molecule has 0 aliphatic carbocycles. The normalized spacial score (nSPS) is 18.3. The van der Waals surface area contributed by atoms with E-state index < -0.39 is 67.3 Å². The zero-order chi connectivity index (χ0) is 56.1. The summed E-state index contributed by atoms with van der Waals surface area (Å²) in [5, 5.41) is 31.4. The van der Waals surface area contributed by atoms with Gasteiger partial charge in [0.1, 0.15) is 18.8 Å². The third-order valence-corrected chi connectivity index (χ3v) is 14.4. The molecule has 0 bridgehead atoms. The van der Waals surface area contributed by atoms with E-state index in [4.69, 9.17) is 23.7 Å². The van der Waals surface area contributed by atoms with Crippen molar-refractivity contribution in [3.05, 3.63) is 48.6 Å². The first-order valence-corrected chi connectivity index (χ1v) is 31.6. The predicted octanol–water partition coefficient (Wildman–Crippen LogP) is 16.6. The lowest BCUT2D eigenvalue weighted by Gasteiger charge is -2.40. The number of hydrogen-bond acceptors (Lipinski definition) is 11. The first kappa shape index (κ1) is 71.7. The molecule has 1 heterocycles. The van der Waals surface area contributed by atoms with E-state index in [-0.39, 0.29) is 25.9 Å². The second-order valence-corrected chi connectivity index (χ2v) is 21.7. The summed E-state index contributed by atoms with van der Waals surface area (Å²) in [5.74, 6) is -3.11. The number of hydrogen-bond donors (Lipinski definition) is 3. The minimum Gasteiger partial charge on any atom is -0.479 e. The van der Waals surface area contributed by atoms with Crippen molar-refractivity contribution in [3.8, 4) is 0 Å². The number of carboxylic acids is 1. The van der Waals surface area contributed by atoms with Crippen LogP contribution in [-0.2, 0) is 42.9 Å². The van der Waals surface area contributed by atoms with E-state index in [0.29, 0.717) is 19.3 Å². The Morgan fingerprint density at radius 3 is 1.19 bits per heavy atom. The molecule has 6 unspecified atom stereocenters. The average Bonchev–Trinajstić information content (AvgIpc) is 3.42. The van der Waals surface area contributed by atoms with Gasteiger partial charge in [-0.25, -0.2) is 4.79 Å². The van der Waals surface area contributed by atoms with Crippen LogP contribution >= 0.6 is 0 Å². The monoisotopic (exact) mass is 1090 g/mol. The summed E-state index contributed by atoms with van der Waals surface area (Å²) in [6.45, 7) is 5.93. The number of allylic oxidation sites excluding steroid dienone is 8. The highest BCUT2D eigenvalue weighted by Gasteiger charge is 2.50. The van der Waals surface area contributed by atoms with E-state index in [9.17, 15) is 34.5 Å². The number of aliphatic hydroxyl groups is 2. The molecule has 0 saturated carbocycles. The topological polar surface area (TPSA) is 175 Å². The zero-order valence-electron chi connectivity index (χ0n) is 49.2. The lowest BCUT2D eigenvalue weighted by atomic mass is 9.98. The third kappa shape index (κ3) is 43.2. The first-order chi connectivity index (χ1) is 37.6. The van der Waals surface area contributed by atoms with Gasteiger partial charge in [0, 0.05) is 19.3 Å². The van der Waals surface area contributed by atoms with Crippen molar-refractivity contribution in [1.82, 2.24) is 0 Å². The first-order valence-electron chi connectivity index (χ1n) is 31.6. The van der Waals surface area contributed by atoms with Crippen molar-refractivity contribution < 1.29 is 58.2 Å². The van der Waals surface area contributed by atoms with E-state index in [1.807, 2.05) is 0 Å². The molecular formula is C65H114O12. The van der Waals surface area contributed by atoms with Crippen LogP contribution in [0.5, 0.6) is 0 Å². The molecule has 6 atom stereocenters. The number of carbonyl (C=O) groups excluding carboxylic acids is 3. The molecule has 0 spiro atoms. The van der Waals surface area contributed by atoms with Gasteiger partial charge in [0.05, 0.1) is 6.61 Å². The molecule has 1 saturated heterocycles. The van der Waals surface area contributed by atoms with Gasteiger partial charge >= 0.3 is 23.9 Å². The zero-order valence-corrected chi connectivity index (χ0v) is 49.2. The molecule has 446 valence electrons. The quantitative estimate of drug-likeness (QED) is 0.0228. The molecule has 1 rings (SSSR count). The number of aliphatic carboxylic acids is 1. The van der Waals surface area contributed by atoms with Crippen molar-refractivity contribution in [2.45, 2.75) is 327 Å². The highest BCUT2D eigenvalue weighted by Crippen LogP contribution is 2.27. The van der Waals surface area contributed by atoms with E-state index in [0.717, 1.165) is 96.3 Å². The highest BCUT2D eigenvalue weighted by molar-refractivity contribution is 5.74. The molecular weight excluding hydrogens is 973 g/mol. The summed E-state index contributed by atoms with van der Waals surface area (Å²) < 4.78 is 28.5. The molecule has 0 aromatic heterocycles. The summed E-state index contributed by atoms with van der Waals surface area (Å²) in [4.78, 5) is 51.1. The van der Waals surface area contributed by atoms with Crippen LogP contribution in [0.1, 0.15) is 290 Å². The third-order valence-electron chi connectivity index (χ3n) is 14.4. The van der Waals surface area contributed by atoms with E-state index in [2.05, 4.69) is 69.4 Å². The molecule has 0 aromatic carbocycles. The van der Waals surface area contributed by atoms with Crippen molar-refractivity contribution in [2.75, 3.05) is 13.2 Å². The van der Waals surface area contributed by atoms with Crippen LogP contribution in [0.15, 0.2) is 48.6 Å². The summed E-state index contributed by atoms with van der Waals surface area (Å²) in [7, 11) is 0. The van der Waals surface area contributed by atoms with Gasteiger partial charge in [-0.1, -0.05) is 236 Å². The predicted molar refractivity (Wildman–Crippen MR) is 312 cm³/mol. The Morgan fingerprint density at radius 2 is 0.779 bits per heavy atom. The molecule has 0 amide bonds. The Kier molecular flexibility index (Phi) is 49.7. The number of esters is 3. The van der Waals surface area contributed by atoms with Gasteiger partial charge in [-0.15, -0.1) is 0 Å². The highest BCUT2D eigenvalue weighted by atomic mass is 16.7. The molecule has 0 radical (unpaired) electrons. The summed E-state index contributed by atoms with van der Waals surface area (Å²) in [6, 6.07) is 0. The summed E-state index contributed by atoms with van der Waals surface area (Å²) in [6.07, 6.45) is 52.3. The number of aliphatic hydroxyl groups excluding tert-OH is 2. The molecule has 0 aromatic rings. The molecule has 1 fully saturated rings. The van der Waals surface area contributed by atoms with Crippen molar-refractivity contribution in [1.29, 1.82) is 0 Å². The Bertz CT molecular complexity index is 1520. The maximum atomic E-state index is 13.2.